The number of rotatable bonds is 10. The fourth-order valence-corrected chi connectivity index (χ4v) is 3.58. The maximum Gasteiger partial charge on any atom is 0.305 e. The van der Waals surface area contributed by atoms with Gasteiger partial charge in [-0.2, -0.15) is 0 Å². The molecule has 0 unspecified atom stereocenters. The van der Waals surface area contributed by atoms with E-state index in [9.17, 15) is 9.59 Å². The number of Topliss-reactive ketones (excluding diaryl/α,β-unsaturated/α-hetero) is 1. The first-order valence-corrected chi connectivity index (χ1v) is 10.4. The first kappa shape index (κ1) is 20.9. The molecule has 0 fully saturated rings. The molecule has 29 heavy (non-hydrogen) atoms. The molecule has 0 N–H and O–H groups in total. The summed E-state index contributed by atoms with van der Waals surface area (Å²) in [5.41, 5.74) is 2.67. The Morgan fingerprint density at radius 1 is 0.931 bits per heavy atom. The van der Waals surface area contributed by atoms with Gasteiger partial charge >= 0.3 is 5.97 Å². The highest BCUT2D eigenvalue weighted by atomic mass is 16.5. The summed E-state index contributed by atoms with van der Waals surface area (Å²) in [6.45, 7) is 3.13. The van der Waals surface area contributed by atoms with Crippen molar-refractivity contribution in [2.75, 3.05) is 18.6 Å². The molecule has 0 radical (unpaired) electrons. The van der Waals surface area contributed by atoms with Crippen molar-refractivity contribution >= 4 is 23.1 Å². The van der Waals surface area contributed by atoms with Crippen LogP contribution in [0.1, 0.15) is 62.2 Å². The second kappa shape index (κ2) is 10.1. The van der Waals surface area contributed by atoms with Gasteiger partial charge in [0, 0.05) is 24.9 Å². The van der Waals surface area contributed by atoms with Gasteiger partial charge in [-0.05, 0) is 43.2 Å². The van der Waals surface area contributed by atoms with E-state index in [1.807, 2.05) is 36.4 Å². The summed E-state index contributed by atoms with van der Waals surface area (Å²) in [7, 11) is 1.36. The minimum atomic E-state index is -0.290. The maximum absolute atomic E-state index is 12.6. The summed E-state index contributed by atoms with van der Waals surface area (Å²) in [5.74, 6) is 1.24. The Bertz CT molecular complexity index is 862. The van der Waals surface area contributed by atoms with Gasteiger partial charge in [0.15, 0.2) is 17.3 Å². The molecule has 3 rings (SSSR count). The standard InChI is InChI=1S/C24H29NO4/c1-3-4-5-8-16-25-19-10-6-7-12-22(19)29-23-17-18(14-15-20(23)25)21(26)11-9-13-24(27)28-2/h6-7,10,12,14-15,17H,3-5,8-9,11,13,16H2,1-2H3. The first-order chi connectivity index (χ1) is 14.1. The zero-order valence-electron chi connectivity index (χ0n) is 17.3. The van der Waals surface area contributed by atoms with Gasteiger partial charge < -0.3 is 14.4 Å². The van der Waals surface area contributed by atoms with Gasteiger partial charge in [0.25, 0.3) is 0 Å². The lowest BCUT2D eigenvalue weighted by Gasteiger charge is -2.33. The van der Waals surface area contributed by atoms with Crippen molar-refractivity contribution < 1.29 is 19.1 Å². The van der Waals surface area contributed by atoms with Crippen molar-refractivity contribution in [2.45, 2.75) is 51.9 Å². The Labute approximate surface area is 172 Å². The van der Waals surface area contributed by atoms with Crippen LogP contribution < -0.4 is 9.64 Å². The number of benzene rings is 2. The number of anilines is 2. The van der Waals surface area contributed by atoms with E-state index in [2.05, 4.69) is 22.6 Å². The van der Waals surface area contributed by atoms with Crippen LogP contribution in [0.25, 0.3) is 0 Å². The molecule has 0 aliphatic carbocycles. The lowest BCUT2D eigenvalue weighted by atomic mass is 10.0. The predicted octanol–water partition coefficient (Wildman–Crippen LogP) is 6.04. The number of esters is 1. The molecule has 5 heteroatoms. The number of ketones is 1. The number of fused-ring (bicyclic) bond motifs is 2. The van der Waals surface area contributed by atoms with Crippen molar-refractivity contribution in [1.82, 2.24) is 0 Å². The van der Waals surface area contributed by atoms with Crippen molar-refractivity contribution in [1.29, 1.82) is 0 Å². The summed E-state index contributed by atoms with van der Waals surface area (Å²) in [6.07, 6.45) is 5.79. The monoisotopic (exact) mass is 395 g/mol. The number of carbonyl (C=O) groups is 2. The predicted molar refractivity (Wildman–Crippen MR) is 114 cm³/mol. The van der Waals surface area contributed by atoms with Gasteiger partial charge in [0.2, 0.25) is 0 Å². The molecule has 0 bridgehead atoms. The van der Waals surface area contributed by atoms with E-state index < -0.39 is 0 Å². The van der Waals surface area contributed by atoms with E-state index in [4.69, 9.17) is 4.74 Å². The highest BCUT2D eigenvalue weighted by Gasteiger charge is 2.24. The summed E-state index contributed by atoms with van der Waals surface area (Å²) in [4.78, 5) is 26.1. The Morgan fingerprint density at radius 2 is 1.72 bits per heavy atom. The number of hydrogen-bond donors (Lipinski definition) is 0. The topological polar surface area (TPSA) is 55.8 Å². The fourth-order valence-electron chi connectivity index (χ4n) is 3.58. The Morgan fingerprint density at radius 3 is 2.52 bits per heavy atom. The normalized spacial score (nSPS) is 12.0. The Hall–Kier alpha value is -2.82. The second-order valence-corrected chi connectivity index (χ2v) is 7.32. The SMILES string of the molecule is CCCCCCN1c2ccccc2Oc2cc(C(=O)CCCC(=O)OC)ccc21. The third kappa shape index (κ3) is 5.17. The minimum absolute atomic E-state index is 0.00802. The minimum Gasteiger partial charge on any atom is -0.469 e. The van der Waals surface area contributed by atoms with Crippen LogP contribution >= 0.6 is 0 Å². The van der Waals surface area contributed by atoms with E-state index in [-0.39, 0.29) is 18.2 Å². The zero-order valence-corrected chi connectivity index (χ0v) is 17.3. The summed E-state index contributed by atoms with van der Waals surface area (Å²) in [6, 6.07) is 13.7. The van der Waals surface area contributed by atoms with E-state index >= 15 is 0 Å². The van der Waals surface area contributed by atoms with Crippen LogP contribution in [0.15, 0.2) is 42.5 Å². The van der Waals surface area contributed by atoms with Crippen LogP contribution in [-0.4, -0.2) is 25.4 Å². The number of carbonyl (C=O) groups excluding carboxylic acids is 2. The third-order valence-electron chi connectivity index (χ3n) is 5.20. The zero-order chi connectivity index (χ0) is 20.6. The number of methoxy groups -OCH3 is 1. The van der Waals surface area contributed by atoms with E-state index in [0.717, 1.165) is 30.1 Å². The van der Waals surface area contributed by atoms with Crippen LogP contribution in [-0.2, 0) is 9.53 Å². The molecule has 0 atom stereocenters. The quantitative estimate of drug-likeness (QED) is 0.279. The van der Waals surface area contributed by atoms with Gasteiger partial charge in [0.05, 0.1) is 18.5 Å². The van der Waals surface area contributed by atoms with E-state index in [1.165, 1.54) is 26.4 Å². The molecular formula is C24H29NO4. The highest BCUT2D eigenvalue weighted by Crippen LogP contribution is 2.46. The smallest absolute Gasteiger partial charge is 0.305 e. The maximum atomic E-state index is 12.6. The molecule has 2 aromatic rings. The van der Waals surface area contributed by atoms with Crippen LogP contribution in [0, 0.1) is 0 Å². The molecule has 1 heterocycles. The van der Waals surface area contributed by atoms with E-state index in [1.54, 1.807) is 0 Å². The molecule has 0 amide bonds. The van der Waals surface area contributed by atoms with Crippen LogP contribution in [0.4, 0.5) is 11.4 Å². The van der Waals surface area contributed by atoms with Crippen LogP contribution in [0.5, 0.6) is 11.5 Å². The third-order valence-corrected chi connectivity index (χ3v) is 5.20. The van der Waals surface area contributed by atoms with Gasteiger partial charge in [-0.3, -0.25) is 9.59 Å². The van der Waals surface area contributed by atoms with Crippen LogP contribution in [0.2, 0.25) is 0 Å². The number of para-hydroxylation sites is 2. The van der Waals surface area contributed by atoms with Gasteiger partial charge in [-0.1, -0.05) is 38.3 Å². The van der Waals surface area contributed by atoms with Crippen molar-refractivity contribution in [3.05, 3.63) is 48.0 Å². The Balaban J connectivity index is 1.76. The Kier molecular flexibility index (Phi) is 7.28. The number of hydrogen-bond acceptors (Lipinski definition) is 5. The molecule has 0 saturated carbocycles. The molecule has 5 nitrogen and oxygen atoms in total. The molecule has 2 aromatic carbocycles. The molecule has 1 aliphatic rings. The molecule has 0 aromatic heterocycles. The molecule has 154 valence electrons. The lowest BCUT2D eigenvalue weighted by molar-refractivity contribution is -0.140. The highest BCUT2D eigenvalue weighted by molar-refractivity contribution is 5.97. The van der Waals surface area contributed by atoms with Crippen molar-refractivity contribution in [3.8, 4) is 11.5 Å². The summed E-state index contributed by atoms with van der Waals surface area (Å²) in [5, 5.41) is 0. The second-order valence-electron chi connectivity index (χ2n) is 7.32. The number of ether oxygens (including phenoxy) is 2. The largest absolute Gasteiger partial charge is 0.469 e. The van der Waals surface area contributed by atoms with Crippen molar-refractivity contribution in [2.24, 2.45) is 0 Å². The molecule has 0 saturated heterocycles. The number of unbranched alkanes of at least 4 members (excludes halogenated alkanes) is 3. The summed E-state index contributed by atoms with van der Waals surface area (Å²) < 4.78 is 10.7. The molecular weight excluding hydrogens is 366 g/mol. The van der Waals surface area contributed by atoms with E-state index in [0.29, 0.717) is 24.2 Å². The van der Waals surface area contributed by atoms with Gasteiger partial charge in [-0.15, -0.1) is 0 Å². The average molecular weight is 395 g/mol. The molecule has 0 spiro atoms. The average Bonchev–Trinajstić information content (AvgIpc) is 2.75. The van der Waals surface area contributed by atoms with Crippen LogP contribution in [0.3, 0.4) is 0 Å². The molecule has 1 aliphatic heterocycles. The fraction of sp³-hybridized carbons (Fsp3) is 0.417. The van der Waals surface area contributed by atoms with Gasteiger partial charge in [0.1, 0.15) is 0 Å². The first-order valence-electron chi connectivity index (χ1n) is 10.4. The lowest BCUT2D eigenvalue weighted by Crippen LogP contribution is -2.22. The summed E-state index contributed by atoms with van der Waals surface area (Å²) >= 11 is 0. The number of nitrogens with zero attached hydrogens (tertiary/aromatic N) is 1. The van der Waals surface area contributed by atoms with Gasteiger partial charge in [-0.25, -0.2) is 0 Å². The van der Waals surface area contributed by atoms with Crippen molar-refractivity contribution in [3.63, 3.8) is 0 Å².